The number of rotatable bonds is 5. The topological polar surface area (TPSA) is 62.8 Å². The van der Waals surface area contributed by atoms with Crippen molar-refractivity contribution in [2.24, 2.45) is 0 Å². The normalized spacial score (nSPS) is 11.4. The second-order valence-electron chi connectivity index (χ2n) is 6.32. The van der Waals surface area contributed by atoms with E-state index in [-0.39, 0.29) is 17.1 Å². The fourth-order valence-corrected chi connectivity index (χ4v) is 4.42. The van der Waals surface area contributed by atoms with Gasteiger partial charge in [-0.25, -0.2) is 4.98 Å². The van der Waals surface area contributed by atoms with Crippen LogP contribution in [-0.4, -0.2) is 21.5 Å². The smallest absolute Gasteiger partial charge is 0.260 e. The molecule has 0 radical (unpaired) electrons. The number of carbonyl (C=O) groups is 1. The molecule has 0 aliphatic rings. The van der Waals surface area contributed by atoms with Gasteiger partial charge < -0.3 is 4.98 Å². The summed E-state index contributed by atoms with van der Waals surface area (Å²) in [5.41, 5.74) is 2.74. The molecule has 0 atom stereocenters. The number of fused-ring (bicyclic) bond motifs is 1. The summed E-state index contributed by atoms with van der Waals surface area (Å²) >= 11 is 2.78. The minimum absolute atomic E-state index is 0.0293. The minimum atomic E-state index is -0.136. The quantitative estimate of drug-likeness (QED) is 0.401. The van der Waals surface area contributed by atoms with Crippen LogP contribution in [0.5, 0.6) is 0 Å². The number of hydrogen-bond donors (Lipinski definition) is 1. The highest BCUT2D eigenvalue weighted by Crippen LogP contribution is 2.27. The maximum absolute atomic E-state index is 12.4. The van der Waals surface area contributed by atoms with Crippen LogP contribution in [0.3, 0.4) is 0 Å². The van der Waals surface area contributed by atoms with E-state index in [0.29, 0.717) is 22.0 Å². The number of aromatic amines is 1. The van der Waals surface area contributed by atoms with E-state index in [4.69, 9.17) is 0 Å². The number of hydrogen-bond acceptors (Lipinski definition) is 5. The van der Waals surface area contributed by atoms with Crippen LogP contribution < -0.4 is 5.56 Å². The van der Waals surface area contributed by atoms with Gasteiger partial charge in [0.2, 0.25) is 0 Å². The maximum atomic E-state index is 12.4. The van der Waals surface area contributed by atoms with Gasteiger partial charge in [0.15, 0.2) is 10.9 Å². The number of H-pyrrole nitrogens is 1. The van der Waals surface area contributed by atoms with Crippen molar-refractivity contribution >= 4 is 39.1 Å². The Morgan fingerprint density at radius 1 is 1.24 bits per heavy atom. The van der Waals surface area contributed by atoms with E-state index < -0.39 is 0 Å². The van der Waals surface area contributed by atoms with Gasteiger partial charge in [-0.15, -0.1) is 11.3 Å². The molecular formula is C19H20N2O2S2. The van der Waals surface area contributed by atoms with E-state index in [1.54, 1.807) is 0 Å². The average Bonchev–Trinajstić information content (AvgIpc) is 2.87. The Morgan fingerprint density at radius 2 is 1.92 bits per heavy atom. The highest BCUT2D eigenvalue weighted by molar-refractivity contribution is 7.99. The molecule has 3 aromatic rings. The second kappa shape index (κ2) is 7.14. The summed E-state index contributed by atoms with van der Waals surface area (Å²) in [6, 6.07) is 7.71. The molecular weight excluding hydrogens is 352 g/mol. The van der Waals surface area contributed by atoms with Gasteiger partial charge in [-0.2, -0.15) is 0 Å². The molecule has 130 valence electrons. The summed E-state index contributed by atoms with van der Waals surface area (Å²) in [6.45, 7) is 8.16. The first-order valence-corrected chi connectivity index (χ1v) is 9.93. The summed E-state index contributed by atoms with van der Waals surface area (Å²) in [5, 5.41) is 1.15. The van der Waals surface area contributed by atoms with Crippen molar-refractivity contribution in [3.63, 3.8) is 0 Å². The van der Waals surface area contributed by atoms with E-state index in [1.165, 1.54) is 28.7 Å². The number of Topliss-reactive ketones (excluding diaryl/α,β-unsaturated/α-hetero) is 1. The molecule has 1 N–H and O–H groups in total. The summed E-state index contributed by atoms with van der Waals surface area (Å²) in [7, 11) is 0. The van der Waals surface area contributed by atoms with Gasteiger partial charge in [0.1, 0.15) is 4.83 Å². The third-order valence-corrected chi connectivity index (χ3v) is 6.23. The standard InChI is InChI=1S/C19H20N2O2S2/c1-10(2)13-5-7-14(8-6-13)15(22)9-24-19-20-17(23)16-11(3)12(4)25-18(16)21-19/h5-8,10H,9H2,1-4H3,(H,20,21,23). The largest absolute Gasteiger partial charge is 0.301 e. The van der Waals surface area contributed by atoms with Gasteiger partial charge in [0, 0.05) is 10.4 Å². The molecule has 2 aromatic heterocycles. The predicted octanol–water partition coefficient (Wildman–Crippen LogP) is 4.70. The molecule has 0 saturated carbocycles. The first kappa shape index (κ1) is 17.9. The molecule has 1 aromatic carbocycles. The van der Waals surface area contributed by atoms with Crippen LogP contribution in [0.1, 0.15) is 46.1 Å². The number of carbonyl (C=O) groups excluding carboxylic acids is 1. The summed E-state index contributed by atoms with van der Waals surface area (Å²) in [6.07, 6.45) is 0. The molecule has 6 heteroatoms. The number of aryl methyl sites for hydroxylation is 2. The molecule has 0 bridgehead atoms. The molecule has 0 unspecified atom stereocenters. The van der Waals surface area contributed by atoms with Crippen LogP contribution in [-0.2, 0) is 0 Å². The molecule has 0 fully saturated rings. The third kappa shape index (κ3) is 3.70. The number of benzene rings is 1. The van der Waals surface area contributed by atoms with Crippen molar-refractivity contribution in [3.05, 3.63) is 56.2 Å². The molecule has 0 amide bonds. The molecule has 4 nitrogen and oxygen atoms in total. The van der Waals surface area contributed by atoms with Crippen molar-refractivity contribution in [2.75, 3.05) is 5.75 Å². The highest BCUT2D eigenvalue weighted by atomic mass is 32.2. The van der Waals surface area contributed by atoms with Gasteiger partial charge in [0.05, 0.1) is 11.1 Å². The maximum Gasteiger partial charge on any atom is 0.260 e. The van der Waals surface area contributed by atoms with E-state index in [9.17, 15) is 9.59 Å². The highest BCUT2D eigenvalue weighted by Gasteiger charge is 2.13. The summed E-state index contributed by atoms with van der Waals surface area (Å²) in [5.74, 6) is 0.720. The molecule has 3 rings (SSSR count). The molecule has 0 spiro atoms. The van der Waals surface area contributed by atoms with Gasteiger partial charge >= 0.3 is 0 Å². The van der Waals surface area contributed by atoms with E-state index in [0.717, 1.165) is 15.3 Å². The molecule has 0 aliphatic heterocycles. The zero-order valence-electron chi connectivity index (χ0n) is 14.7. The van der Waals surface area contributed by atoms with Crippen LogP contribution in [0.4, 0.5) is 0 Å². The SMILES string of the molecule is Cc1sc2nc(SCC(=O)c3ccc(C(C)C)cc3)[nH]c(=O)c2c1C. The number of ketones is 1. The molecule has 0 aliphatic carbocycles. The Labute approximate surface area is 154 Å². The Hall–Kier alpha value is -1.92. The molecule has 0 saturated heterocycles. The number of nitrogens with zero attached hydrogens (tertiary/aromatic N) is 1. The number of aromatic nitrogens is 2. The van der Waals surface area contributed by atoms with Crippen LogP contribution in [0.25, 0.3) is 10.2 Å². The zero-order valence-corrected chi connectivity index (χ0v) is 16.3. The zero-order chi connectivity index (χ0) is 18.1. The van der Waals surface area contributed by atoms with E-state index in [1.807, 2.05) is 38.1 Å². The summed E-state index contributed by atoms with van der Waals surface area (Å²) in [4.78, 5) is 33.7. The second-order valence-corrected chi connectivity index (χ2v) is 8.49. The lowest BCUT2D eigenvalue weighted by Gasteiger charge is -2.06. The first-order chi connectivity index (χ1) is 11.9. The Balaban J connectivity index is 1.76. The van der Waals surface area contributed by atoms with Crippen LogP contribution in [0.2, 0.25) is 0 Å². The minimum Gasteiger partial charge on any atom is -0.301 e. The van der Waals surface area contributed by atoms with Gasteiger partial charge in [0.25, 0.3) is 5.56 Å². The molecule has 25 heavy (non-hydrogen) atoms. The molecule has 2 heterocycles. The lowest BCUT2D eigenvalue weighted by molar-refractivity contribution is 0.102. The van der Waals surface area contributed by atoms with Crippen molar-refractivity contribution in [1.29, 1.82) is 0 Å². The Bertz CT molecular complexity index is 985. The van der Waals surface area contributed by atoms with Crippen LogP contribution in [0, 0.1) is 13.8 Å². The van der Waals surface area contributed by atoms with Crippen molar-refractivity contribution in [2.45, 2.75) is 38.8 Å². The van der Waals surface area contributed by atoms with E-state index >= 15 is 0 Å². The number of nitrogens with one attached hydrogen (secondary N) is 1. The lowest BCUT2D eigenvalue weighted by Crippen LogP contribution is -2.10. The van der Waals surface area contributed by atoms with Crippen molar-refractivity contribution in [1.82, 2.24) is 9.97 Å². The third-order valence-electron chi connectivity index (χ3n) is 4.26. The average molecular weight is 373 g/mol. The van der Waals surface area contributed by atoms with Crippen LogP contribution in [0.15, 0.2) is 34.2 Å². The fourth-order valence-electron chi connectivity index (χ4n) is 2.57. The lowest BCUT2D eigenvalue weighted by atomic mass is 10.0. The van der Waals surface area contributed by atoms with Crippen molar-refractivity contribution < 1.29 is 4.79 Å². The number of thioether (sulfide) groups is 1. The van der Waals surface area contributed by atoms with Gasteiger partial charge in [-0.1, -0.05) is 49.9 Å². The van der Waals surface area contributed by atoms with Gasteiger partial charge in [-0.05, 0) is 30.9 Å². The van der Waals surface area contributed by atoms with Crippen molar-refractivity contribution in [3.8, 4) is 0 Å². The first-order valence-electron chi connectivity index (χ1n) is 8.12. The number of thiophene rings is 1. The Kier molecular flexibility index (Phi) is 5.11. The van der Waals surface area contributed by atoms with E-state index in [2.05, 4.69) is 23.8 Å². The van der Waals surface area contributed by atoms with Crippen LogP contribution >= 0.6 is 23.1 Å². The predicted molar refractivity (Wildman–Crippen MR) is 105 cm³/mol. The monoisotopic (exact) mass is 372 g/mol. The Morgan fingerprint density at radius 3 is 2.56 bits per heavy atom. The van der Waals surface area contributed by atoms with Gasteiger partial charge in [-0.3, -0.25) is 9.59 Å². The fraction of sp³-hybridized carbons (Fsp3) is 0.316. The summed E-state index contributed by atoms with van der Waals surface area (Å²) < 4.78 is 0.